The molecule has 12 heteroatoms. The van der Waals surface area contributed by atoms with Gasteiger partial charge in [-0.2, -0.15) is 0 Å². The molecule has 0 bridgehead atoms. The zero-order valence-corrected chi connectivity index (χ0v) is 22.7. The molecule has 1 unspecified atom stereocenters. The van der Waals surface area contributed by atoms with Crippen molar-refractivity contribution in [1.82, 2.24) is 14.5 Å². The number of aliphatic hydroxyl groups excluding tert-OH is 1. The Morgan fingerprint density at radius 2 is 1.63 bits per heavy atom. The molecule has 0 fully saturated rings. The number of imidazole rings is 1. The van der Waals surface area contributed by atoms with Gasteiger partial charge in [0.25, 0.3) is 0 Å². The molecule has 208 valence electrons. The highest BCUT2D eigenvalue weighted by atomic mass is 32.1. The highest BCUT2D eigenvalue weighted by molar-refractivity contribution is 7.10. The topological polar surface area (TPSA) is 173 Å². The largest absolute Gasteiger partial charge is 0.481 e. The predicted molar refractivity (Wildman–Crippen MR) is 142 cm³/mol. The first-order valence-electron chi connectivity index (χ1n) is 12.0. The van der Waals surface area contributed by atoms with E-state index in [-0.39, 0.29) is 6.10 Å². The van der Waals surface area contributed by atoms with Gasteiger partial charge in [0, 0.05) is 24.0 Å². The van der Waals surface area contributed by atoms with E-state index in [2.05, 4.69) is 59.9 Å². The van der Waals surface area contributed by atoms with Gasteiger partial charge in [0.1, 0.15) is 5.82 Å². The first-order chi connectivity index (χ1) is 17.7. The van der Waals surface area contributed by atoms with Crippen molar-refractivity contribution in [1.29, 1.82) is 0 Å². The summed E-state index contributed by atoms with van der Waals surface area (Å²) in [7, 11) is 0. The third kappa shape index (κ3) is 8.62. The van der Waals surface area contributed by atoms with Crippen LogP contribution in [-0.2, 0) is 27.5 Å². The molecule has 0 saturated carbocycles. The molecular weight excluding hydrogens is 514 g/mol. The predicted octanol–water partition coefficient (Wildman–Crippen LogP) is 3.12. The highest BCUT2D eigenvalue weighted by Crippen LogP contribution is 2.24. The summed E-state index contributed by atoms with van der Waals surface area (Å²) in [6.07, 6.45) is -2.65. The van der Waals surface area contributed by atoms with Crippen LogP contribution in [0.2, 0.25) is 0 Å². The van der Waals surface area contributed by atoms with Gasteiger partial charge < -0.3 is 30.1 Å². The number of para-hydroxylation sites is 2. The molecule has 0 amide bonds. The molecule has 5 N–H and O–H groups in total. The molecule has 3 rings (SSSR count). The fraction of sp³-hybridized carbons (Fsp3) is 0.462. The Kier molecular flexibility index (Phi) is 11.0. The van der Waals surface area contributed by atoms with Crippen LogP contribution in [0.15, 0.2) is 35.7 Å². The van der Waals surface area contributed by atoms with Gasteiger partial charge in [-0.15, -0.1) is 11.3 Å². The van der Waals surface area contributed by atoms with Crippen LogP contribution in [0.3, 0.4) is 0 Å². The number of thiophene rings is 1. The third-order valence-corrected chi connectivity index (χ3v) is 6.70. The van der Waals surface area contributed by atoms with Gasteiger partial charge in [-0.25, -0.2) is 9.78 Å². The number of benzene rings is 1. The molecule has 1 aromatic carbocycles. The summed E-state index contributed by atoms with van der Waals surface area (Å²) >= 11 is 1.78. The summed E-state index contributed by atoms with van der Waals surface area (Å²) in [6.45, 7) is 10.6. The van der Waals surface area contributed by atoms with Gasteiger partial charge in [-0.1, -0.05) is 12.1 Å². The maximum absolute atomic E-state index is 10.3. The lowest BCUT2D eigenvalue weighted by molar-refractivity contribution is -0.170. The molecular formula is C26H35N3O8S. The number of carboxylic acids is 3. The standard InChI is InChI=1S/C20H27N3OS.C6H8O7/c1-14(2)23-18-8-6-5-7-17(18)21-20(23)13-22(11-16(4)24)12-19-15(3)9-10-25-19;7-3(8)1-6(13,5(11)12)2-4(9)10/h5-10,14,16,24H,11-13H2,1-4H3;13H,1-2H2,(H,7,8)(H,9,10)(H,11,12). The van der Waals surface area contributed by atoms with Gasteiger partial charge in [0.05, 0.1) is 36.5 Å². The second-order valence-electron chi connectivity index (χ2n) is 9.50. The Labute approximate surface area is 224 Å². The van der Waals surface area contributed by atoms with E-state index in [1.54, 1.807) is 11.3 Å². The number of hydrogen-bond donors (Lipinski definition) is 5. The molecule has 3 aromatic rings. The first-order valence-corrected chi connectivity index (χ1v) is 12.9. The number of carboxylic acid groups (broad SMARTS) is 3. The number of aliphatic carboxylic acids is 3. The van der Waals surface area contributed by atoms with E-state index >= 15 is 0 Å². The van der Waals surface area contributed by atoms with Gasteiger partial charge in [0.15, 0.2) is 5.60 Å². The van der Waals surface area contributed by atoms with E-state index in [4.69, 9.17) is 25.4 Å². The van der Waals surface area contributed by atoms with Crippen molar-refractivity contribution in [3.05, 3.63) is 52.0 Å². The fourth-order valence-corrected chi connectivity index (χ4v) is 4.97. The number of hydrogen-bond acceptors (Lipinski definition) is 8. The number of rotatable bonds is 12. The Balaban J connectivity index is 0.000000332. The second kappa shape index (κ2) is 13.5. The second-order valence-corrected chi connectivity index (χ2v) is 10.5. The molecule has 1 atom stereocenters. The molecule has 0 aliphatic carbocycles. The average molecular weight is 550 g/mol. The summed E-state index contributed by atoms with van der Waals surface area (Å²) in [5, 5.41) is 45.9. The van der Waals surface area contributed by atoms with E-state index < -0.39 is 36.4 Å². The quantitative estimate of drug-likeness (QED) is 0.226. The van der Waals surface area contributed by atoms with Crippen molar-refractivity contribution >= 4 is 40.3 Å². The van der Waals surface area contributed by atoms with Gasteiger partial charge in [-0.05, 0) is 56.8 Å². The Bertz CT molecular complexity index is 1230. The van der Waals surface area contributed by atoms with Crippen molar-refractivity contribution < 1.29 is 39.9 Å². The maximum atomic E-state index is 10.3. The van der Waals surface area contributed by atoms with Crippen molar-refractivity contribution in [2.45, 2.75) is 71.4 Å². The van der Waals surface area contributed by atoms with Gasteiger partial charge >= 0.3 is 17.9 Å². The van der Waals surface area contributed by atoms with E-state index in [1.165, 1.54) is 16.0 Å². The minimum atomic E-state index is -2.74. The summed E-state index contributed by atoms with van der Waals surface area (Å²) in [6, 6.07) is 10.8. The van der Waals surface area contributed by atoms with Crippen LogP contribution in [0, 0.1) is 6.92 Å². The van der Waals surface area contributed by atoms with Gasteiger partial charge in [-0.3, -0.25) is 14.5 Å². The lowest BCUT2D eigenvalue weighted by atomic mass is 9.96. The van der Waals surface area contributed by atoms with Crippen LogP contribution in [-0.4, -0.2) is 76.1 Å². The molecule has 0 aliphatic rings. The maximum Gasteiger partial charge on any atom is 0.336 e. The van der Waals surface area contributed by atoms with Crippen LogP contribution in [0.25, 0.3) is 11.0 Å². The Morgan fingerprint density at radius 1 is 1.03 bits per heavy atom. The monoisotopic (exact) mass is 549 g/mol. The molecule has 2 heterocycles. The SMILES string of the molecule is Cc1ccsc1CN(Cc1nc2ccccc2n1C(C)C)CC(C)O.O=C(O)CC(O)(CC(=O)O)C(=O)O. The van der Waals surface area contributed by atoms with Crippen molar-refractivity contribution in [2.75, 3.05) is 6.54 Å². The number of nitrogens with zero attached hydrogens (tertiary/aromatic N) is 3. The fourth-order valence-electron chi connectivity index (χ4n) is 4.02. The number of carbonyl (C=O) groups is 3. The normalized spacial score (nSPS) is 12.4. The lowest BCUT2D eigenvalue weighted by Gasteiger charge is -2.24. The van der Waals surface area contributed by atoms with E-state index in [9.17, 15) is 19.5 Å². The van der Waals surface area contributed by atoms with Crippen molar-refractivity contribution in [2.24, 2.45) is 0 Å². The molecule has 2 aromatic heterocycles. The summed E-state index contributed by atoms with van der Waals surface area (Å²) in [4.78, 5) is 39.0. The third-order valence-electron chi connectivity index (χ3n) is 5.69. The lowest BCUT2D eigenvalue weighted by Crippen LogP contribution is -2.42. The molecule has 0 aliphatic heterocycles. The summed E-state index contributed by atoms with van der Waals surface area (Å²) in [5.41, 5.74) is 0.794. The van der Waals surface area contributed by atoms with Crippen molar-refractivity contribution in [3.63, 3.8) is 0 Å². The number of aryl methyl sites for hydroxylation is 1. The highest BCUT2D eigenvalue weighted by Gasteiger charge is 2.40. The molecule has 0 radical (unpaired) electrons. The molecule has 38 heavy (non-hydrogen) atoms. The van der Waals surface area contributed by atoms with Gasteiger partial charge in [0.2, 0.25) is 0 Å². The Morgan fingerprint density at radius 3 is 2.11 bits per heavy atom. The van der Waals surface area contributed by atoms with Crippen molar-refractivity contribution in [3.8, 4) is 0 Å². The molecule has 0 saturated heterocycles. The Hall–Kier alpha value is -3.32. The minimum Gasteiger partial charge on any atom is -0.481 e. The zero-order valence-electron chi connectivity index (χ0n) is 21.9. The van der Waals surface area contributed by atoms with E-state index in [1.807, 2.05) is 13.0 Å². The first kappa shape index (κ1) is 30.9. The minimum absolute atomic E-state index is 0.347. The van der Waals surface area contributed by atoms with E-state index in [0.29, 0.717) is 12.6 Å². The summed E-state index contributed by atoms with van der Waals surface area (Å²) < 4.78 is 2.31. The smallest absolute Gasteiger partial charge is 0.336 e. The summed E-state index contributed by atoms with van der Waals surface area (Å²) in [5.74, 6) is -3.96. The van der Waals surface area contributed by atoms with Crippen LogP contribution < -0.4 is 0 Å². The van der Waals surface area contributed by atoms with E-state index in [0.717, 1.165) is 24.4 Å². The van der Waals surface area contributed by atoms with Crippen LogP contribution in [0.4, 0.5) is 0 Å². The van der Waals surface area contributed by atoms with Crippen LogP contribution in [0.1, 0.15) is 55.9 Å². The van der Waals surface area contributed by atoms with Crippen LogP contribution >= 0.6 is 11.3 Å². The molecule has 11 nitrogen and oxygen atoms in total. The number of aromatic nitrogens is 2. The number of aliphatic hydroxyl groups is 2. The molecule has 0 spiro atoms. The zero-order chi connectivity index (χ0) is 28.6. The number of fused-ring (bicyclic) bond motifs is 1. The average Bonchev–Trinajstić information content (AvgIpc) is 3.35. The van der Waals surface area contributed by atoms with Crippen LogP contribution in [0.5, 0.6) is 0 Å².